The Morgan fingerprint density at radius 1 is 1.14 bits per heavy atom. The average molecular weight is 425 g/mol. The van der Waals surface area contributed by atoms with Gasteiger partial charge in [0.2, 0.25) is 0 Å². The molecular weight excluding hydrogens is 402 g/mol. The number of nitrogens with zero attached hydrogens (tertiary/aromatic N) is 2. The minimum absolute atomic E-state index is 0. The number of ether oxygens (including phenoxy) is 1. The number of rotatable bonds is 6. The third kappa shape index (κ3) is 5.16. The number of piperidine rings is 1. The fourth-order valence-electron chi connectivity index (χ4n) is 3.57. The Bertz CT molecular complexity index is 893. The highest BCUT2D eigenvalue weighted by Crippen LogP contribution is 2.23. The molecule has 1 aliphatic heterocycles. The summed E-state index contributed by atoms with van der Waals surface area (Å²) >= 11 is 5.91. The van der Waals surface area contributed by atoms with Crippen LogP contribution in [0.2, 0.25) is 5.02 Å². The molecule has 0 spiro atoms. The van der Waals surface area contributed by atoms with E-state index in [1.165, 1.54) is 12.1 Å². The van der Waals surface area contributed by atoms with Gasteiger partial charge in [0.15, 0.2) is 5.58 Å². The van der Waals surface area contributed by atoms with Gasteiger partial charge >= 0.3 is 0 Å². The standard InChI is InChI=1S/C21H22ClFN2O2.ClH/c22-15-3-6-17(7-4-15)26-18-9-12-25(13-10-18)11-1-2-20-19-8-5-16(23)14-21(19)27-24-20;/h3-8,14,18H,1-2,9-13H2;1H. The van der Waals surface area contributed by atoms with E-state index in [0.29, 0.717) is 5.58 Å². The molecule has 2 heterocycles. The number of hydrogen-bond donors (Lipinski definition) is 0. The second kappa shape index (κ2) is 9.59. The van der Waals surface area contributed by atoms with E-state index >= 15 is 0 Å². The molecule has 1 saturated heterocycles. The van der Waals surface area contributed by atoms with Gasteiger partial charge in [-0.2, -0.15) is 0 Å². The van der Waals surface area contributed by atoms with Crippen molar-refractivity contribution < 1.29 is 13.7 Å². The lowest BCUT2D eigenvalue weighted by Crippen LogP contribution is -2.38. The summed E-state index contributed by atoms with van der Waals surface area (Å²) in [4.78, 5) is 2.46. The van der Waals surface area contributed by atoms with E-state index in [2.05, 4.69) is 10.1 Å². The van der Waals surface area contributed by atoms with Crippen LogP contribution in [0.4, 0.5) is 4.39 Å². The number of benzene rings is 2. The SMILES string of the molecule is Cl.Fc1ccc2c(CCCN3CCC(Oc4ccc(Cl)cc4)CC3)noc2c1. The molecule has 0 N–H and O–H groups in total. The molecule has 4 nitrogen and oxygen atoms in total. The first-order valence-corrected chi connectivity index (χ1v) is 9.73. The van der Waals surface area contributed by atoms with Gasteiger partial charge in [-0.3, -0.25) is 0 Å². The van der Waals surface area contributed by atoms with Crippen molar-refractivity contribution in [2.75, 3.05) is 19.6 Å². The van der Waals surface area contributed by atoms with Gasteiger partial charge in [0, 0.05) is 29.6 Å². The number of aromatic nitrogens is 1. The average Bonchev–Trinajstić information content (AvgIpc) is 3.07. The summed E-state index contributed by atoms with van der Waals surface area (Å²) in [5, 5.41) is 5.73. The smallest absolute Gasteiger partial charge is 0.170 e. The molecule has 0 aliphatic carbocycles. The molecule has 1 aliphatic rings. The van der Waals surface area contributed by atoms with Crippen molar-refractivity contribution in [3.8, 4) is 5.75 Å². The van der Waals surface area contributed by atoms with E-state index in [9.17, 15) is 4.39 Å². The number of aryl methyl sites for hydroxylation is 1. The van der Waals surface area contributed by atoms with E-state index < -0.39 is 0 Å². The number of halogens is 3. The van der Waals surface area contributed by atoms with Crippen LogP contribution in [-0.2, 0) is 6.42 Å². The lowest BCUT2D eigenvalue weighted by molar-refractivity contribution is 0.0999. The van der Waals surface area contributed by atoms with Crippen LogP contribution in [0.25, 0.3) is 11.0 Å². The summed E-state index contributed by atoms with van der Waals surface area (Å²) in [7, 11) is 0. The highest BCUT2D eigenvalue weighted by Gasteiger charge is 2.20. The quantitative estimate of drug-likeness (QED) is 0.522. The van der Waals surface area contributed by atoms with Gasteiger partial charge in [0.05, 0.1) is 5.69 Å². The molecule has 0 atom stereocenters. The molecule has 0 bridgehead atoms. The van der Waals surface area contributed by atoms with E-state index in [1.807, 2.05) is 24.3 Å². The predicted molar refractivity (Wildman–Crippen MR) is 111 cm³/mol. The highest BCUT2D eigenvalue weighted by atomic mass is 35.5. The summed E-state index contributed by atoms with van der Waals surface area (Å²) in [5.41, 5.74) is 1.43. The van der Waals surface area contributed by atoms with Crippen molar-refractivity contribution in [3.63, 3.8) is 0 Å². The van der Waals surface area contributed by atoms with Crippen LogP contribution in [-0.4, -0.2) is 35.8 Å². The zero-order valence-electron chi connectivity index (χ0n) is 15.4. The number of likely N-dealkylation sites (tertiary alicyclic amines) is 1. The van der Waals surface area contributed by atoms with Gasteiger partial charge in [0.25, 0.3) is 0 Å². The second-order valence-corrected chi connectivity index (χ2v) is 7.42. The van der Waals surface area contributed by atoms with Crippen LogP contribution >= 0.6 is 24.0 Å². The molecule has 3 aromatic rings. The third-order valence-electron chi connectivity index (χ3n) is 5.05. The third-order valence-corrected chi connectivity index (χ3v) is 5.30. The van der Waals surface area contributed by atoms with E-state index in [1.54, 1.807) is 6.07 Å². The topological polar surface area (TPSA) is 38.5 Å². The zero-order chi connectivity index (χ0) is 18.6. The van der Waals surface area contributed by atoms with Crippen molar-refractivity contribution in [2.24, 2.45) is 0 Å². The Morgan fingerprint density at radius 2 is 1.89 bits per heavy atom. The van der Waals surface area contributed by atoms with E-state index in [4.69, 9.17) is 20.9 Å². The summed E-state index contributed by atoms with van der Waals surface area (Å²) in [6.07, 6.45) is 4.14. The van der Waals surface area contributed by atoms with Gasteiger partial charge in [0.1, 0.15) is 17.7 Å². The Morgan fingerprint density at radius 3 is 2.64 bits per heavy atom. The molecule has 7 heteroatoms. The first-order valence-electron chi connectivity index (χ1n) is 9.36. The summed E-state index contributed by atoms with van der Waals surface area (Å²) in [6.45, 7) is 3.08. The number of hydrogen-bond acceptors (Lipinski definition) is 4. The minimum atomic E-state index is -0.297. The summed E-state index contributed by atoms with van der Waals surface area (Å²) in [6, 6.07) is 12.1. The minimum Gasteiger partial charge on any atom is -0.490 e. The van der Waals surface area contributed by atoms with Crippen LogP contribution in [0.3, 0.4) is 0 Å². The first-order chi connectivity index (χ1) is 13.2. The fourth-order valence-corrected chi connectivity index (χ4v) is 3.70. The Kier molecular flexibility index (Phi) is 7.16. The maximum Gasteiger partial charge on any atom is 0.170 e. The highest BCUT2D eigenvalue weighted by molar-refractivity contribution is 6.30. The monoisotopic (exact) mass is 424 g/mol. The van der Waals surface area contributed by atoms with Crippen LogP contribution in [0.15, 0.2) is 47.0 Å². The summed E-state index contributed by atoms with van der Waals surface area (Å²) in [5.74, 6) is 0.584. The van der Waals surface area contributed by atoms with Crippen molar-refractivity contribution in [3.05, 3.63) is 59.0 Å². The largest absolute Gasteiger partial charge is 0.490 e. The Hall–Kier alpha value is -1.82. The second-order valence-electron chi connectivity index (χ2n) is 6.99. The van der Waals surface area contributed by atoms with Crippen LogP contribution in [0.1, 0.15) is 25.0 Å². The van der Waals surface area contributed by atoms with E-state index in [-0.39, 0.29) is 24.3 Å². The molecule has 28 heavy (non-hydrogen) atoms. The van der Waals surface area contributed by atoms with Crippen molar-refractivity contribution in [2.45, 2.75) is 31.8 Å². The zero-order valence-corrected chi connectivity index (χ0v) is 17.0. The number of fused-ring (bicyclic) bond motifs is 1. The van der Waals surface area contributed by atoms with Crippen LogP contribution < -0.4 is 4.74 Å². The lowest BCUT2D eigenvalue weighted by atomic mass is 10.1. The van der Waals surface area contributed by atoms with Crippen molar-refractivity contribution >= 4 is 35.0 Å². The van der Waals surface area contributed by atoms with Crippen LogP contribution in [0.5, 0.6) is 5.75 Å². The predicted octanol–water partition coefficient (Wildman–Crippen LogP) is 5.52. The van der Waals surface area contributed by atoms with Gasteiger partial charge in [-0.05, 0) is 68.6 Å². The fraction of sp³-hybridized carbons (Fsp3) is 0.381. The molecule has 0 saturated carbocycles. The van der Waals surface area contributed by atoms with Crippen LogP contribution in [0, 0.1) is 5.82 Å². The van der Waals surface area contributed by atoms with Gasteiger partial charge in [-0.1, -0.05) is 16.8 Å². The maximum absolute atomic E-state index is 13.2. The molecule has 0 amide bonds. The van der Waals surface area contributed by atoms with Crippen molar-refractivity contribution in [1.29, 1.82) is 0 Å². The first kappa shape index (κ1) is 20.9. The molecule has 0 unspecified atom stereocenters. The molecule has 4 rings (SSSR count). The van der Waals surface area contributed by atoms with Crippen molar-refractivity contribution in [1.82, 2.24) is 10.1 Å². The normalized spacial score (nSPS) is 15.5. The molecule has 1 aromatic heterocycles. The van der Waals surface area contributed by atoms with Gasteiger partial charge in [-0.25, -0.2) is 4.39 Å². The molecule has 1 fully saturated rings. The maximum atomic E-state index is 13.2. The Balaban J connectivity index is 0.00000225. The molecule has 150 valence electrons. The summed E-state index contributed by atoms with van der Waals surface area (Å²) < 4.78 is 24.5. The van der Waals surface area contributed by atoms with Gasteiger partial charge in [-0.15, -0.1) is 12.4 Å². The van der Waals surface area contributed by atoms with E-state index in [0.717, 1.165) is 67.2 Å². The lowest BCUT2D eigenvalue weighted by Gasteiger charge is -2.32. The molecular formula is C21H23Cl2FN2O2. The molecule has 2 aromatic carbocycles. The molecule has 0 radical (unpaired) electrons. The van der Waals surface area contributed by atoms with Gasteiger partial charge < -0.3 is 14.2 Å². The Labute approximate surface area is 175 Å².